The van der Waals surface area contributed by atoms with Crippen LogP contribution in [-0.4, -0.2) is 27.0 Å². The molecule has 0 spiro atoms. The topological polar surface area (TPSA) is 63.1 Å². The van der Waals surface area contributed by atoms with Crippen LogP contribution >= 0.6 is 23.1 Å². The number of aromatic nitrogens is 2. The molecule has 0 aliphatic heterocycles. The van der Waals surface area contributed by atoms with Crippen molar-refractivity contribution < 1.29 is 9.90 Å². The number of carboxylic acids is 1. The average molecular weight is 310 g/mol. The van der Waals surface area contributed by atoms with Crippen LogP contribution < -0.4 is 0 Å². The molecule has 0 radical (unpaired) electrons. The Kier molecular flexibility index (Phi) is 3.07. The first-order valence-corrected chi connectivity index (χ1v) is 9.12. The lowest BCUT2D eigenvalue weighted by atomic mass is 9.50. The zero-order valence-corrected chi connectivity index (χ0v) is 12.9. The van der Waals surface area contributed by atoms with Crippen LogP contribution in [-0.2, 0) is 10.2 Å². The Balaban J connectivity index is 1.56. The summed E-state index contributed by atoms with van der Waals surface area (Å²) < 4.78 is 0.818. The summed E-state index contributed by atoms with van der Waals surface area (Å²) in [6.07, 6.45) is 8.15. The lowest BCUT2D eigenvalue weighted by molar-refractivity contribution is -0.133. The molecule has 0 saturated heterocycles. The van der Waals surface area contributed by atoms with Crippen molar-refractivity contribution in [2.24, 2.45) is 17.8 Å². The van der Waals surface area contributed by atoms with E-state index in [1.807, 2.05) is 0 Å². The Morgan fingerprint density at radius 2 is 1.80 bits per heavy atom. The summed E-state index contributed by atoms with van der Waals surface area (Å²) in [4.78, 5) is 10.6. The van der Waals surface area contributed by atoms with Gasteiger partial charge >= 0.3 is 5.97 Å². The predicted octanol–water partition coefficient (Wildman–Crippen LogP) is 3.18. The van der Waals surface area contributed by atoms with E-state index in [4.69, 9.17) is 5.11 Å². The molecule has 4 nitrogen and oxygen atoms in total. The second-order valence-corrected chi connectivity index (χ2v) is 8.95. The van der Waals surface area contributed by atoms with Gasteiger partial charge in [-0.25, -0.2) is 0 Å². The summed E-state index contributed by atoms with van der Waals surface area (Å²) >= 11 is 2.94. The monoisotopic (exact) mass is 310 g/mol. The second-order valence-electron chi connectivity index (χ2n) is 6.75. The van der Waals surface area contributed by atoms with E-state index >= 15 is 0 Å². The second kappa shape index (κ2) is 4.70. The first-order valence-electron chi connectivity index (χ1n) is 7.31. The number of aliphatic carboxylic acids is 1. The highest BCUT2D eigenvalue weighted by molar-refractivity contribution is 8.01. The number of thioether (sulfide) groups is 1. The molecule has 1 aromatic rings. The Morgan fingerprint density at radius 3 is 2.35 bits per heavy atom. The fourth-order valence-electron chi connectivity index (χ4n) is 4.98. The van der Waals surface area contributed by atoms with Gasteiger partial charge in [0.2, 0.25) is 0 Å². The van der Waals surface area contributed by atoms with Crippen molar-refractivity contribution in [3.05, 3.63) is 5.01 Å². The van der Waals surface area contributed by atoms with Gasteiger partial charge in [0.15, 0.2) is 4.34 Å². The summed E-state index contributed by atoms with van der Waals surface area (Å²) in [6, 6.07) is 0. The standard InChI is InChI=1S/C14H18N2O2S2/c17-11(18)7-19-13-16-15-12(20-13)14-4-8-1-9(5-14)3-10(2-8)6-14/h8-10H,1-7H2,(H,17,18). The molecule has 0 aromatic carbocycles. The van der Waals surface area contributed by atoms with Crippen LogP contribution in [0.5, 0.6) is 0 Å². The molecule has 20 heavy (non-hydrogen) atoms. The van der Waals surface area contributed by atoms with E-state index in [1.54, 1.807) is 11.3 Å². The summed E-state index contributed by atoms with van der Waals surface area (Å²) in [7, 11) is 0. The van der Waals surface area contributed by atoms with Crippen molar-refractivity contribution in [2.45, 2.75) is 48.3 Å². The van der Waals surface area contributed by atoms with Gasteiger partial charge in [-0.05, 0) is 56.3 Å². The lowest BCUT2D eigenvalue weighted by Crippen LogP contribution is -2.48. The fourth-order valence-corrected chi connectivity index (χ4v) is 6.77. The van der Waals surface area contributed by atoms with E-state index in [0.717, 1.165) is 22.1 Å². The molecule has 0 atom stereocenters. The Labute approximate surface area is 126 Å². The summed E-state index contributed by atoms with van der Waals surface area (Å²) in [5.41, 5.74) is 0.286. The first-order chi connectivity index (χ1) is 9.63. The molecule has 4 aliphatic carbocycles. The van der Waals surface area contributed by atoms with Gasteiger partial charge in [-0.15, -0.1) is 10.2 Å². The number of hydrogen-bond acceptors (Lipinski definition) is 5. The van der Waals surface area contributed by atoms with E-state index in [2.05, 4.69) is 10.2 Å². The summed E-state index contributed by atoms with van der Waals surface area (Å²) in [5.74, 6) is 2.00. The van der Waals surface area contributed by atoms with Gasteiger partial charge in [0.05, 0.1) is 5.75 Å². The normalized spacial score (nSPS) is 38.3. The minimum atomic E-state index is -0.790. The smallest absolute Gasteiger partial charge is 0.313 e. The molecular formula is C14H18N2O2S2. The molecule has 1 N–H and O–H groups in total. The molecule has 4 saturated carbocycles. The van der Waals surface area contributed by atoms with Gasteiger partial charge in [0.1, 0.15) is 5.01 Å². The Morgan fingerprint density at radius 1 is 1.20 bits per heavy atom. The molecule has 5 rings (SSSR count). The molecule has 4 bridgehead atoms. The molecule has 4 aliphatic rings. The van der Waals surface area contributed by atoms with Crippen molar-refractivity contribution in [2.75, 3.05) is 5.75 Å². The molecule has 1 aromatic heterocycles. The Bertz CT molecular complexity index is 508. The van der Waals surface area contributed by atoms with Gasteiger partial charge in [-0.3, -0.25) is 4.79 Å². The maximum Gasteiger partial charge on any atom is 0.313 e. The van der Waals surface area contributed by atoms with Gasteiger partial charge in [-0.1, -0.05) is 23.1 Å². The van der Waals surface area contributed by atoms with Gasteiger partial charge in [0.25, 0.3) is 0 Å². The van der Waals surface area contributed by atoms with Crippen molar-refractivity contribution in [3.8, 4) is 0 Å². The quantitative estimate of drug-likeness (QED) is 0.865. The van der Waals surface area contributed by atoms with Crippen LogP contribution in [0.15, 0.2) is 4.34 Å². The minimum Gasteiger partial charge on any atom is -0.481 e. The van der Waals surface area contributed by atoms with Crippen LogP contribution in [0.3, 0.4) is 0 Å². The van der Waals surface area contributed by atoms with E-state index in [0.29, 0.717) is 0 Å². The number of carboxylic acid groups (broad SMARTS) is 1. The maximum atomic E-state index is 10.6. The van der Waals surface area contributed by atoms with Crippen LogP contribution in [0.2, 0.25) is 0 Å². The van der Waals surface area contributed by atoms with Crippen molar-refractivity contribution in [1.82, 2.24) is 10.2 Å². The van der Waals surface area contributed by atoms with Crippen molar-refractivity contribution >= 4 is 29.1 Å². The van der Waals surface area contributed by atoms with Crippen LogP contribution in [0.25, 0.3) is 0 Å². The number of hydrogen-bond donors (Lipinski definition) is 1. The number of rotatable bonds is 4. The average Bonchev–Trinajstić information content (AvgIpc) is 2.84. The van der Waals surface area contributed by atoms with Crippen molar-refractivity contribution in [3.63, 3.8) is 0 Å². The van der Waals surface area contributed by atoms with E-state index < -0.39 is 5.97 Å². The van der Waals surface area contributed by atoms with Gasteiger partial charge < -0.3 is 5.11 Å². The first kappa shape index (κ1) is 13.1. The highest BCUT2D eigenvalue weighted by Gasteiger charge is 2.53. The summed E-state index contributed by atoms with van der Waals surface area (Å²) in [5, 5.41) is 18.6. The van der Waals surface area contributed by atoms with E-state index in [9.17, 15) is 4.79 Å². The lowest BCUT2D eigenvalue weighted by Gasteiger charge is -2.55. The molecule has 108 valence electrons. The van der Waals surface area contributed by atoms with Crippen molar-refractivity contribution in [1.29, 1.82) is 0 Å². The molecule has 0 unspecified atom stereocenters. The number of carbonyl (C=O) groups is 1. The molecule has 0 amide bonds. The Hall–Kier alpha value is -0.620. The highest BCUT2D eigenvalue weighted by atomic mass is 32.2. The minimum absolute atomic E-state index is 0.0789. The molecular weight excluding hydrogens is 292 g/mol. The van der Waals surface area contributed by atoms with E-state index in [1.165, 1.54) is 55.3 Å². The zero-order chi connectivity index (χ0) is 13.7. The van der Waals surface area contributed by atoms with Crippen LogP contribution in [0.1, 0.15) is 43.5 Å². The van der Waals surface area contributed by atoms with Gasteiger partial charge in [-0.2, -0.15) is 0 Å². The number of nitrogens with zero attached hydrogens (tertiary/aromatic N) is 2. The zero-order valence-electron chi connectivity index (χ0n) is 11.2. The maximum absolute atomic E-state index is 10.6. The highest BCUT2D eigenvalue weighted by Crippen LogP contribution is 2.61. The third-order valence-corrected chi connectivity index (χ3v) is 7.51. The van der Waals surface area contributed by atoms with Gasteiger partial charge in [0, 0.05) is 5.41 Å². The molecule has 6 heteroatoms. The molecule has 1 heterocycles. The molecule has 4 fully saturated rings. The summed E-state index contributed by atoms with van der Waals surface area (Å²) in [6.45, 7) is 0. The SMILES string of the molecule is O=C(O)CSc1nnc(C23CC4CC(CC(C4)C2)C3)s1. The predicted molar refractivity (Wildman–Crippen MR) is 78.1 cm³/mol. The fraction of sp³-hybridized carbons (Fsp3) is 0.786. The largest absolute Gasteiger partial charge is 0.481 e. The van der Waals surface area contributed by atoms with E-state index in [-0.39, 0.29) is 11.2 Å². The van der Waals surface area contributed by atoms with Crippen LogP contribution in [0.4, 0.5) is 0 Å². The van der Waals surface area contributed by atoms with Crippen LogP contribution in [0, 0.1) is 17.8 Å². The third-order valence-electron chi connectivity index (χ3n) is 5.22. The third kappa shape index (κ3) is 2.17.